The van der Waals surface area contributed by atoms with E-state index >= 15 is 0 Å². The van der Waals surface area contributed by atoms with Gasteiger partial charge < -0.3 is 4.52 Å². The largest absolute Gasteiger partial charge is 0.361 e. The molecule has 0 fully saturated rings. The van der Waals surface area contributed by atoms with Crippen LogP contribution in [0.25, 0.3) is 0 Å². The van der Waals surface area contributed by atoms with Crippen LogP contribution in [0.2, 0.25) is 0 Å². The molecule has 1 aromatic rings. The Balaban J connectivity index is 2.72. The number of hydrogen-bond donors (Lipinski definition) is 0. The number of aromatic nitrogens is 1. The number of nitrogens with zero attached hydrogens (tertiary/aromatic N) is 2. The molecule has 1 aromatic heterocycles. The van der Waals surface area contributed by atoms with Gasteiger partial charge in [-0.25, -0.2) is 12.7 Å². The van der Waals surface area contributed by atoms with Gasteiger partial charge in [0.15, 0.2) is 0 Å². The molecule has 7 heteroatoms. The standard InChI is InChI=1S/C8H13ClN2O3S/c1-7-5-8(10-14-7)6-15(12,13)11(2)4-3-9/h5H,3-4,6H2,1-2H3. The van der Waals surface area contributed by atoms with Crippen LogP contribution in [0.1, 0.15) is 11.5 Å². The maximum atomic E-state index is 11.7. The zero-order valence-electron chi connectivity index (χ0n) is 8.60. The summed E-state index contributed by atoms with van der Waals surface area (Å²) >= 11 is 5.47. The summed E-state index contributed by atoms with van der Waals surface area (Å²) in [6.07, 6.45) is 0. The Morgan fingerprint density at radius 2 is 2.27 bits per heavy atom. The lowest BCUT2D eigenvalue weighted by molar-refractivity contribution is 0.391. The Kier molecular flexibility index (Phi) is 4.12. The molecule has 0 spiro atoms. The lowest BCUT2D eigenvalue weighted by Crippen LogP contribution is -2.29. The first-order chi connectivity index (χ1) is 6.95. The van der Waals surface area contributed by atoms with E-state index in [1.165, 1.54) is 11.4 Å². The molecule has 15 heavy (non-hydrogen) atoms. The Hall–Kier alpha value is -0.590. The van der Waals surface area contributed by atoms with E-state index in [0.29, 0.717) is 18.0 Å². The fraction of sp³-hybridized carbons (Fsp3) is 0.625. The van der Waals surface area contributed by atoms with Crippen LogP contribution in [0, 0.1) is 6.92 Å². The normalized spacial score (nSPS) is 12.3. The molecule has 0 aliphatic heterocycles. The van der Waals surface area contributed by atoms with E-state index in [0.717, 1.165) is 0 Å². The SMILES string of the molecule is Cc1cc(CS(=O)(=O)N(C)CCCl)no1. The summed E-state index contributed by atoms with van der Waals surface area (Å²) in [5.41, 5.74) is 0.411. The average molecular weight is 253 g/mol. The van der Waals surface area contributed by atoms with Gasteiger partial charge in [0.05, 0.1) is 0 Å². The topological polar surface area (TPSA) is 63.4 Å². The summed E-state index contributed by atoms with van der Waals surface area (Å²) in [6, 6.07) is 1.60. The van der Waals surface area contributed by atoms with E-state index in [-0.39, 0.29) is 11.6 Å². The average Bonchev–Trinajstić information content (AvgIpc) is 2.50. The summed E-state index contributed by atoms with van der Waals surface area (Å²) in [7, 11) is -1.85. The second-order valence-electron chi connectivity index (χ2n) is 3.20. The van der Waals surface area contributed by atoms with Crippen LogP contribution in [0.4, 0.5) is 0 Å². The number of halogens is 1. The third kappa shape index (κ3) is 3.48. The van der Waals surface area contributed by atoms with Gasteiger partial charge in [-0.05, 0) is 6.92 Å². The van der Waals surface area contributed by atoms with Gasteiger partial charge in [-0.1, -0.05) is 5.16 Å². The predicted molar refractivity (Wildman–Crippen MR) is 57.2 cm³/mol. The molecule has 0 aliphatic rings. The first kappa shape index (κ1) is 12.5. The molecule has 0 N–H and O–H groups in total. The second kappa shape index (κ2) is 4.96. The first-order valence-corrected chi connectivity index (χ1v) is 6.52. The van der Waals surface area contributed by atoms with Crippen molar-refractivity contribution in [1.29, 1.82) is 0 Å². The van der Waals surface area contributed by atoms with E-state index in [4.69, 9.17) is 16.1 Å². The molecule has 0 atom stereocenters. The summed E-state index contributed by atoms with van der Waals surface area (Å²) in [5, 5.41) is 3.63. The van der Waals surface area contributed by atoms with Gasteiger partial charge in [0, 0.05) is 25.5 Å². The van der Waals surface area contributed by atoms with Crippen LogP contribution >= 0.6 is 11.6 Å². The molecule has 5 nitrogen and oxygen atoms in total. The van der Waals surface area contributed by atoms with Crippen LogP contribution in [0.15, 0.2) is 10.6 Å². The summed E-state index contributed by atoms with van der Waals surface area (Å²) < 4.78 is 29.4. The Bertz CT molecular complexity index is 415. The summed E-state index contributed by atoms with van der Waals surface area (Å²) in [4.78, 5) is 0. The monoisotopic (exact) mass is 252 g/mol. The lowest BCUT2D eigenvalue weighted by Gasteiger charge is -2.14. The fourth-order valence-corrected chi connectivity index (χ4v) is 2.49. The van der Waals surface area contributed by atoms with Gasteiger partial charge in [-0.2, -0.15) is 0 Å². The van der Waals surface area contributed by atoms with Crippen molar-refractivity contribution in [2.24, 2.45) is 0 Å². The third-order valence-electron chi connectivity index (χ3n) is 1.88. The lowest BCUT2D eigenvalue weighted by atomic mass is 10.4. The van der Waals surface area contributed by atoms with E-state index in [1.807, 2.05) is 0 Å². The maximum Gasteiger partial charge on any atom is 0.219 e. The zero-order valence-corrected chi connectivity index (χ0v) is 10.2. The Morgan fingerprint density at radius 1 is 1.60 bits per heavy atom. The molecule has 86 valence electrons. The molecule has 0 aliphatic carbocycles. The van der Waals surface area contributed by atoms with E-state index in [9.17, 15) is 8.42 Å². The van der Waals surface area contributed by atoms with Gasteiger partial charge in [-0.3, -0.25) is 0 Å². The smallest absolute Gasteiger partial charge is 0.219 e. The van der Waals surface area contributed by atoms with Crippen LogP contribution < -0.4 is 0 Å². The van der Waals surface area contributed by atoms with Gasteiger partial charge in [0.1, 0.15) is 17.2 Å². The van der Waals surface area contributed by atoms with Crippen molar-refractivity contribution in [3.8, 4) is 0 Å². The highest BCUT2D eigenvalue weighted by Gasteiger charge is 2.19. The van der Waals surface area contributed by atoms with Gasteiger partial charge in [-0.15, -0.1) is 11.6 Å². The van der Waals surface area contributed by atoms with E-state index in [2.05, 4.69) is 5.16 Å². The van der Waals surface area contributed by atoms with Crippen molar-refractivity contribution >= 4 is 21.6 Å². The molecule has 0 amide bonds. The number of aryl methyl sites for hydroxylation is 1. The van der Waals surface area contributed by atoms with Crippen LogP contribution in [0.5, 0.6) is 0 Å². The quantitative estimate of drug-likeness (QED) is 0.733. The maximum absolute atomic E-state index is 11.7. The number of rotatable bonds is 5. The summed E-state index contributed by atoms with van der Waals surface area (Å²) in [6.45, 7) is 2.01. The van der Waals surface area contributed by atoms with E-state index < -0.39 is 10.0 Å². The minimum atomic E-state index is -3.34. The van der Waals surface area contributed by atoms with Crippen molar-refractivity contribution in [2.75, 3.05) is 19.5 Å². The molecule has 1 rings (SSSR count). The van der Waals surface area contributed by atoms with Crippen LogP contribution in [0.3, 0.4) is 0 Å². The first-order valence-electron chi connectivity index (χ1n) is 4.38. The van der Waals surface area contributed by atoms with Crippen molar-refractivity contribution < 1.29 is 12.9 Å². The minimum Gasteiger partial charge on any atom is -0.361 e. The van der Waals surface area contributed by atoms with Crippen LogP contribution in [-0.4, -0.2) is 37.4 Å². The molecular weight excluding hydrogens is 240 g/mol. The highest BCUT2D eigenvalue weighted by molar-refractivity contribution is 7.88. The van der Waals surface area contributed by atoms with Crippen LogP contribution in [-0.2, 0) is 15.8 Å². The predicted octanol–water partition coefficient (Wildman–Crippen LogP) is 0.983. The summed E-state index contributed by atoms with van der Waals surface area (Å²) in [5.74, 6) is 0.714. The Morgan fingerprint density at radius 3 is 2.73 bits per heavy atom. The molecule has 0 saturated carbocycles. The highest BCUT2D eigenvalue weighted by atomic mass is 35.5. The fourth-order valence-electron chi connectivity index (χ4n) is 1.04. The number of alkyl halides is 1. The minimum absolute atomic E-state index is 0.155. The molecular formula is C8H13ClN2O3S. The zero-order chi connectivity index (χ0) is 11.5. The van der Waals surface area contributed by atoms with Crippen molar-refractivity contribution in [3.05, 3.63) is 17.5 Å². The van der Waals surface area contributed by atoms with E-state index in [1.54, 1.807) is 13.0 Å². The third-order valence-corrected chi connectivity index (χ3v) is 3.84. The molecule has 0 saturated heterocycles. The second-order valence-corrected chi connectivity index (χ2v) is 5.65. The Labute approximate surface area is 94.0 Å². The molecule has 0 radical (unpaired) electrons. The van der Waals surface area contributed by atoms with Gasteiger partial charge >= 0.3 is 0 Å². The molecule has 1 heterocycles. The van der Waals surface area contributed by atoms with Gasteiger partial charge in [0.2, 0.25) is 10.0 Å². The number of sulfonamides is 1. The number of hydrogen-bond acceptors (Lipinski definition) is 4. The molecule has 0 aromatic carbocycles. The van der Waals surface area contributed by atoms with Crippen molar-refractivity contribution in [2.45, 2.75) is 12.7 Å². The molecule has 0 bridgehead atoms. The molecule has 0 unspecified atom stereocenters. The highest BCUT2D eigenvalue weighted by Crippen LogP contribution is 2.09. The van der Waals surface area contributed by atoms with Crippen molar-refractivity contribution in [3.63, 3.8) is 0 Å². The van der Waals surface area contributed by atoms with Gasteiger partial charge in [0.25, 0.3) is 0 Å². The van der Waals surface area contributed by atoms with Crippen molar-refractivity contribution in [1.82, 2.24) is 9.46 Å².